The largest absolute Gasteiger partial charge is 0.383 e. The van der Waals surface area contributed by atoms with E-state index in [1.54, 1.807) is 19.2 Å². The fraction of sp³-hybridized carbons (Fsp3) is 0.467. The van der Waals surface area contributed by atoms with Gasteiger partial charge in [0.2, 0.25) is 5.91 Å². The standard InChI is InChI=1S/C15H22ClN3O3/c1-3-13(10-22-2)19-14(20)9-18-15(21)17-8-11-4-6-12(16)7-5-11/h4-7,13H,3,8-10H2,1-2H3,(H,19,20)(H2,17,18,21)/t13-/m1/s1. The lowest BCUT2D eigenvalue weighted by Gasteiger charge is -2.16. The van der Waals surface area contributed by atoms with Crippen LogP contribution >= 0.6 is 11.6 Å². The third-order valence-corrected chi connectivity index (χ3v) is 3.25. The molecule has 22 heavy (non-hydrogen) atoms. The second-order valence-electron chi connectivity index (χ2n) is 4.79. The molecule has 3 N–H and O–H groups in total. The summed E-state index contributed by atoms with van der Waals surface area (Å²) in [6.07, 6.45) is 0.766. The van der Waals surface area contributed by atoms with Gasteiger partial charge in [0.05, 0.1) is 19.2 Å². The molecule has 0 heterocycles. The van der Waals surface area contributed by atoms with Crippen molar-refractivity contribution in [3.05, 3.63) is 34.9 Å². The van der Waals surface area contributed by atoms with Crippen molar-refractivity contribution in [3.8, 4) is 0 Å². The number of amides is 3. The van der Waals surface area contributed by atoms with Crippen molar-refractivity contribution in [2.24, 2.45) is 0 Å². The Bertz CT molecular complexity index is 479. The third-order valence-electron chi connectivity index (χ3n) is 3.00. The summed E-state index contributed by atoms with van der Waals surface area (Å²) in [5.41, 5.74) is 0.926. The summed E-state index contributed by atoms with van der Waals surface area (Å²) in [6, 6.07) is 6.72. The fourth-order valence-corrected chi connectivity index (χ4v) is 1.88. The lowest BCUT2D eigenvalue weighted by Crippen LogP contribution is -2.45. The van der Waals surface area contributed by atoms with Crippen LogP contribution in [0.3, 0.4) is 0 Å². The summed E-state index contributed by atoms with van der Waals surface area (Å²) in [6.45, 7) is 2.69. The molecule has 1 aromatic carbocycles. The van der Waals surface area contributed by atoms with E-state index in [0.29, 0.717) is 18.2 Å². The van der Waals surface area contributed by atoms with Crippen molar-refractivity contribution in [3.63, 3.8) is 0 Å². The lowest BCUT2D eigenvalue weighted by atomic mass is 10.2. The Hall–Kier alpha value is -1.79. The Kier molecular flexibility index (Phi) is 8.32. The zero-order valence-electron chi connectivity index (χ0n) is 12.8. The number of nitrogens with one attached hydrogen (secondary N) is 3. The molecule has 0 aliphatic rings. The smallest absolute Gasteiger partial charge is 0.315 e. The van der Waals surface area contributed by atoms with Crippen molar-refractivity contribution in [2.75, 3.05) is 20.3 Å². The summed E-state index contributed by atoms with van der Waals surface area (Å²) >= 11 is 5.78. The molecular weight excluding hydrogens is 306 g/mol. The Balaban J connectivity index is 2.24. The van der Waals surface area contributed by atoms with Gasteiger partial charge in [0.25, 0.3) is 0 Å². The molecule has 0 aliphatic carbocycles. The average Bonchev–Trinajstić information content (AvgIpc) is 2.52. The molecule has 1 atom stereocenters. The highest BCUT2D eigenvalue weighted by Crippen LogP contribution is 2.08. The van der Waals surface area contributed by atoms with E-state index in [0.717, 1.165) is 12.0 Å². The predicted molar refractivity (Wildman–Crippen MR) is 85.8 cm³/mol. The molecule has 7 heteroatoms. The Morgan fingerprint density at radius 3 is 2.50 bits per heavy atom. The van der Waals surface area contributed by atoms with Gasteiger partial charge in [-0.15, -0.1) is 0 Å². The highest BCUT2D eigenvalue weighted by molar-refractivity contribution is 6.30. The second-order valence-corrected chi connectivity index (χ2v) is 5.23. The highest BCUT2D eigenvalue weighted by Gasteiger charge is 2.10. The predicted octanol–water partition coefficient (Wildman–Crippen LogP) is 1.68. The van der Waals surface area contributed by atoms with Crippen LogP contribution in [0.2, 0.25) is 5.02 Å². The van der Waals surface area contributed by atoms with Crippen molar-refractivity contribution in [2.45, 2.75) is 25.9 Å². The lowest BCUT2D eigenvalue weighted by molar-refractivity contribution is -0.121. The first-order valence-electron chi connectivity index (χ1n) is 7.09. The zero-order valence-corrected chi connectivity index (χ0v) is 13.6. The van der Waals surface area contributed by atoms with Gasteiger partial charge >= 0.3 is 6.03 Å². The van der Waals surface area contributed by atoms with Crippen LogP contribution in [0, 0.1) is 0 Å². The van der Waals surface area contributed by atoms with Crippen LogP contribution in [0.1, 0.15) is 18.9 Å². The Labute approximate surface area is 135 Å². The molecule has 0 fully saturated rings. The van der Waals surface area contributed by atoms with E-state index >= 15 is 0 Å². The van der Waals surface area contributed by atoms with Crippen molar-refractivity contribution in [1.82, 2.24) is 16.0 Å². The number of urea groups is 1. The van der Waals surface area contributed by atoms with E-state index in [1.807, 2.05) is 19.1 Å². The summed E-state index contributed by atoms with van der Waals surface area (Å²) in [5, 5.41) is 8.60. The number of hydrogen-bond acceptors (Lipinski definition) is 3. The minimum absolute atomic E-state index is 0.0450. The van der Waals surface area contributed by atoms with Gasteiger partial charge in [-0.25, -0.2) is 4.79 Å². The first kappa shape index (κ1) is 18.3. The number of ether oxygens (including phenoxy) is 1. The molecule has 0 aliphatic heterocycles. The quantitative estimate of drug-likeness (QED) is 0.679. The second kappa shape index (κ2) is 10.0. The van der Waals surface area contributed by atoms with Crippen LogP contribution in [-0.4, -0.2) is 38.2 Å². The molecule has 0 saturated heterocycles. The van der Waals surface area contributed by atoms with Crippen LogP contribution < -0.4 is 16.0 Å². The highest BCUT2D eigenvalue weighted by atomic mass is 35.5. The van der Waals surface area contributed by atoms with Gasteiger partial charge in [-0.3, -0.25) is 4.79 Å². The van der Waals surface area contributed by atoms with Crippen LogP contribution in [0.4, 0.5) is 4.79 Å². The number of halogens is 1. The van der Waals surface area contributed by atoms with E-state index in [2.05, 4.69) is 16.0 Å². The van der Waals surface area contributed by atoms with Gasteiger partial charge in [-0.1, -0.05) is 30.7 Å². The summed E-state index contributed by atoms with van der Waals surface area (Å²) in [5.74, 6) is -0.245. The fourth-order valence-electron chi connectivity index (χ4n) is 1.75. The number of rotatable bonds is 8. The zero-order chi connectivity index (χ0) is 16.4. The topological polar surface area (TPSA) is 79.5 Å². The van der Waals surface area contributed by atoms with Gasteiger partial charge < -0.3 is 20.7 Å². The molecule has 0 radical (unpaired) electrons. The Morgan fingerprint density at radius 2 is 1.91 bits per heavy atom. The van der Waals surface area contributed by atoms with Crippen LogP contribution in [-0.2, 0) is 16.1 Å². The number of hydrogen-bond donors (Lipinski definition) is 3. The average molecular weight is 328 g/mol. The molecule has 0 saturated carbocycles. The minimum atomic E-state index is -0.398. The van der Waals surface area contributed by atoms with Gasteiger partial charge in [0, 0.05) is 18.7 Å². The third kappa shape index (κ3) is 7.28. The summed E-state index contributed by atoms with van der Waals surface area (Å²) in [4.78, 5) is 23.3. The minimum Gasteiger partial charge on any atom is -0.383 e. The monoisotopic (exact) mass is 327 g/mol. The SMILES string of the molecule is CC[C@H](COC)NC(=O)CNC(=O)NCc1ccc(Cl)cc1. The van der Waals surface area contributed by atoms with E-state index in [9.17, 15) is 9.59 Å². The molecule has 0 spiro atoms. The summed E-state index contributed by atoms with van der Waals surface area (Å²) < 4.78 is 4.99. The van der Waals surface area contributed by atoms with E-state index in [4.69, 9.17) is 16.3 Å². The van der Waals surface area contributed by atoms with E-state index in [1.165, 1.54) is 0 Å². The van der Waals surface area contributed by atoms with Crippen molar-refractivity contribution >= 4 is 23.5 Å². The maximum atomic E-state index is 11.7. The van der Waals surface area contributed by atoms with Gasteiger partial charge in [0.1, 0.15) is 0 Å². The van der Waals surface area contributed by atoms with Crippen LogP contribution in [0.15, 0.2) is 24.3 Å². The summed E-state index contributed by atoms with van der Waals surface area (Å²) in [7, 11) is 1.58. The molecular formula is C15H22ClN3O3. The first-order valence-corrected chi connectivity index (χ1v) is 7.47. The van der Waals surface area contributed by atoms with Crippen LogP contribution in [0.5, 0.6) is 0 Å². The maximum Gasteiger partial charge on any atom is 0.315 e. The Morgan fingerprint density at radius 1 is 1.23 bits per heavy atom. The number of carbonyl (C=O) groups excluding carboxylic acids is 2. The van der Waals surface area contributed by atoms with Gasteiger partial charge in [0.15, 0.2) is 0 Å². The molecule has 1 aromatic rings. The van der Waals surface area contributed by atoms with Crippen LogP contribution in [0.25, 0.3) is 0 Å². The molecule has 6 nitrogen and oxygen atoms in total. The van der Waals surface area contributed by atoms with E-state index < -0.39 is 6.03 Å². The first-order chi connectivity index (χ1) is 10.5. The molecule has 0 aromatic heterocycles. The molecule has 0 unspecified atom stereocenters. The molecule has 122 valence electrons. The number of benzene rings is 1. The van der Waals surface area contributed by atoms with Crippen molar-refractivity contribution in [1.29, 1.82) is 0 Å². The number of methoxy groups -OCH3 is 1. The molecule has 3 amide bonds. The van der Waals surface area contributed by atoms with Gasteiger partial charge in [-0.05, 0) is 24.1 Å². The normalized spacial score (nSPS) is 11.6. The molecule has 1 rings (SSSR count). The van der Waals surface area contributed by atoms with Gasteiger partial charge in [-0.2, -0.15) is 0 Å². The molecule has 0 bridgehead atoms. The van der Waals surface area contributed by atoms with Crippen molar-refractivity contribution < 1.29 is 14.3 Å². The van der Waals surface area contributed by atoms with E-state index in [-0.39, 0.29) is 18.5 Å². The number of carbonyl (C=O) groups is 2. The maximum absolute atomic E-state index is 11.7.